The molecule has 0 unspecified atom stereocenters. The zero-order valence-electron chi connectivity index (χ0n) is 6.48. The fourth-order valence-corrected chi connectivity index (χ4v) is 0.990. The third-order valence-corrected chi connectivity index (χ3v) is 1.70. The Morgan fingerprint density at radius 3 is 2.85 bits per heavy atom. The maximum Gasteiger partial charge on any atom is 0.235 e. The Morgan fingerprint density at radius 2 is 2.23 bits per heavy atom. The van der Waals surface area contributed by atoms with E-state index < -0.39 is 4.92 Å². The number of phenols is 1. The van der Waals surface area contributed by atoms with Crippen LogP contribution in [-0.4, -0.2) is 10.0 Å². The predicted octanol–water partition coefficient (Wildman–Crippen LogP) is 2.29. The Balaban J connectivity index is 3.02. The van der Waals surface area contributed by atoms with E-state index in [0.29, 0.717) is 5.56 Å². The van der Waals surface area contributed by atoms with Crippen molar-refractivity contribution < 1.29 is 10.0 Å². The molecular weight excluding hydrogens is 194 g/mol. The zero-order chi connectivity index (χ0) is 9.84. The summed E-state index contributed by atoms with van der Waals surface area (Å²) in [5.41, 5.74) is 0.323. The quantitative estimate of drug-likeness (QED) is 0.587. The summed E-state index contributed by atoms with van der Waals surface area (Å²) in [7, 11) is 0. The van der Waals surface area contributed by atoms with Gasteiger partial charge in [0.15, 0.2) is 0 Å². The smallest absolute Gasteiger partial charge is 0.235 e. The molecule has 0 radical (unpaired) electrons. The number of phenolic OH excluding ortho intramolecular Hbond substituents is 1. The lowest BCUT2D eigenvalue weighted by Gasteiger charge is -1.98. The highest BCUT2D eigenvalue weighted by Crippen LogP contribution is 2.27. The summed E-state index contributed by atoms with van der Waals surface area (Å²) < 4.78 is 0. The highest BCUT2D eigenvalue weighted by Gasteiger charge is 2.02. The number of para-hydroxylation sites is 1. The molecule has 0 bridgehead atoms. The van der Waals surface area contributed by atoms with Crippen LogP contribution in [0.3, 0.4) is 0 Å². The Bertz CT molecular complexity index is 362. The van der Waals surface area contributed by atoms with Crippen LogP contribution in [0, 0.1) is 10.1 Å². The SMILES string of the molecule is O=[N+]([O-])/C=C/c1cccc(Cl)c1O. The minimum absolute atomic E-state index is 0.151. The van der Waals surface area contributed by atoms with Gasteiger partial charge in [0.1, 0.15) is 5.75 Å². The van der Waals surface area contributed by atoms with Crippen LogP contribution in [0.15, 0.2) is 24.4 Å². The summed E-state index contributed by atoms with van der Waals surface area (Å²) >= 11 is 5.58. The molecule has 1 rings (SSSR count). The first-order valence-corrected chi connectivity index (χ1v) is 3.78. The molecule has 0 saturated heterocycles. The van der Waals surface area contributed by atoms with Crippen LogP contribution in [0.5, 0.6) is 5.75 Å². The predicted molar refractivity (Wildman–Crippen MR) is 49.1 cm³/mol. The van der Waals surface area contributed by atoms with Gasteiger partial charge in [0.05, 0.1) is 9.95 Å². The fourth-order valence-electron chi connectivity index (χ4n) is 0.808. The second kappa shape index (κ2) is 3.91. The van der Waals surface area contributed by atoms with Gasteiger partial charge < -0.3 is 5.11 Å². The number of aromatic hydroxyl groups is 1. The summed E-state index contributed by atoms with van der Waals surface area (Å²) in [5, 5.41) is 19.4. The molecule has 0 heterocycles. The van der Waals surface area contributed by atoms with E-state index in [1.807, 2.05) is 0 Å². The van der Waals surface area contributed by atoms with E-state index in [0.717, 1.165) is 6.20 Å². The normalized spacial score (nSPS) is 10.5. The van der Waals surface area contributed by atoms with Crippen LogP contribution in [0.25, 0.3) is 6.08 Å². The summed E-state index contributed by atoms with van der Waals surface area (Å²) in [6.07, 6.45) is 1.92. The molecular formula is C8H6ClNO3. The number of hydrogen-bond acceptors (Lipinski definition) is 3. The largest absolute Gasteiger partial charge is 0.506 e. The molecule has 68 valence electrons. The van der Waals surface area contributed by atoms with Crippen LogP contribution in [0.1, 0.15) is 5.56 Å². The van der Waals surface area contributed by atoms with Gasteiger partial charge >= 0.3 is 0 Å². The van der Waals surface area contributed by atoms with Crippen molar-refractivity contribution in [2.75, 3.05) is 0 Å². The highest BCUT2D eigenvalue weighted by molar-refractivity contribution is 6.32. The van der Waals surface area contributed by atoms with Gasteiger partial charge in [-0.15, -0.1) is 0 Å². The molecule has 0 fully saturated rings. The van der Waals surface area contributed by atoms with Crippen LogP contribution in [-0.2, 0) is 0 Å². The molecule has 1 aromatic rings. The second-order valence-corrected chi connectivity index (χ2v) is 2.69. The third kappa shape index (κ3) is 2.45. The maximum atomic E-state index is 9.97. The van der Waals surface area contributed by atoms with Gasteiger partial charge in [0, 0.05) is 11.6 Å². The molecule has 1 N–H and O–H groups in total. The van der Waals surface area contributed by atoms with Crippen LogP contribution in [0.2, 0.25) is 5.02 Å². The number of rotatable bonds is 2. The van der Waals surface area contributed by atoms with E-state index in [4.69, 9.17) is 11.6 Å². The van der Waals surface area contributed by atoms with Gasteiger partial charge in [-0.25, -0.2) is 0 Å². The van der Waals surface area contributed by atoms with E-state index >= 15 is 0 Å². The first-order chi connectivity index (χ1) is 6.11. The van der Waals surface area contributed by atoms with Crippen LogP contribution >= 0.6 is 11.6 Å². The molecule has 5 heteroatoms. The molecule has 0 spiro atoms. The van der Waals surface area contributed by atoms with Crippen molar-refractivity contribution in [1.29, 1.82) is 0 Å². The second-order valence-electron chi connectivity index (χ2n) is 2.28. The van der Waals surface area contributed by atoms with Gasteiger partial charge in [-0.05, 0) is 6.07 Å². The molecule has 13 heavy (non-hydrogen) atoms. The van der Waals surface area contributed by atoms with Gasteiger partial charge in [-0.1, -0.05) is 23.7 Å². The van der Waals surface area contributed by atoms with Gasteiger partial charge in [0.2, 0.25) is 6.20 Å². The molecule has 0 aliphatic heterocycles. The molecule has 0 atom stereocenters. The van der Waals surface area contributed by atoms with E-state index in [1.54, 1.807) is 6.07 Å². The molecule has 0 aromatic heterocycles. The van der Waals surface area contributed by atoms with Crippen LogP contribution in [0.4, 0.5) is 0 Å². The Morgan fingerprint density at radius 1 is 1.54 bits per heavy atom. The van der Waals surface area contributed by atoms with Crippen molar-refractivity contribution in [3.05, 3.63) is 45.1 Å². The average Bonchev–Trinajstić information content (AvgIpc) is 2.07. The Labute approximate surface area is 79.2 Å². The third-order valence-electron chi connectivity index (χ3n) is 1.39. The van der Waals surface area contributed by atoms with Crippen molar-refractivity contribution in [1.82, 2.24) is 0 Å². The van der Waals surface area contributed by atoms with Gasteiger partial charge in [0.25, 0.3) is 0 Å². The maximum absolute atomic E-state index is 9.97. The van der Waals surface area contributed by atoms with Crippen molar-refractivity contribution >= 4 is 17.7 Å². The molecule has 0 aliphatic rings. The van der Waals surface area contributed by atoms with Gasteiger partial charge in [-0.3, -0.25) is 10.1 Å². The van der Waals surface area contributed by atoms with Crippen molar-refractivity contribution in [2.24, 2.45) is 0 Å². The summed E-state index contributed by atoms with van der Waals surface area (Å²) in [6.45, 7) is 0. The van der Waals surface area contributed by atoms with E-state index in [9.17, 15) is 15.2 Å². The first-order valence-electron chi connectivity index (χ1n) is 3.40. The zero-order valence-corrected chi connectivity index (χ0v) is 7.23. The van der Waals surface area contributed by atoms with Crippen LogP contribution < -0.4 is 0 Å². The number of hydrogen-bond donors (Lipinski definition) is 1. The summed E-state index contributed by atoms with van der Waals surface area (Å²) in [5.74, 6) is -0.151. The van der Waals surface area contributed by atoms with E-state index in [2.05, 4.69) is 0 Å². The van der Waals surface area contributed by atoms with Gasteiger partial charge in [-0.2, -0.15) is 0 Å². The highest BCUT2D eigenvalue weighted by atomic mass is 35.5. The first kappa shape index (κ1) is 9.54. The molecule has 0 saturated carbocycles. The molecule has 0 aliphatic carbocycles. The fraction of sp³-hybridized carbons (Fsp3) is 0. The number of nitrogens with zero attached hydrogens (tertiary/aromatic N) is 1. The topological polar surface area (TPSA) is 63.4 Å². The molecule has 4 nitrogen and oxygen atoms in total. The van der Waals surface area contributed by atoms with Crippen molar-refractivity contribution in [3.63, 3.8) is 0 Å². The molecule has 0 amide bonds. The monoisotopic (exact) mass is 199 g/mol. The molecule has 1 aromatic carbocycles. The van der Waals surface area contributed by atoms with Crippen molar-refractivity contribution in [2.45, 2.75) is 0 Å². The minimum atomic E-state index is -0.611. The van der Waals surface area contributed by atoms with Crippen molar-refractivity contribution in [3.8, 4) is 5.75 Å². The van der Waals surface area contributed by atoms with E-state index in [-0.39, 0.29) is 10.8 Å². The lowest BCUT2D eigenvalue weighted by atomic mass is 10.2. The number of nitro groups is 1. The average molecular weight is 200 g/mol. The lowest BCUT2D eigenvalue weighted by molar-refractivity contribution is -0.400. The number of benzene rings is 1. The Hall–Kier alpha value is -1.55. The summed E-state index contributed by atoms with van der Waals surface area (Å²) in [4.78, 5) is 9.36. The number of halogens is 1. The minimum Gasteiger partial charge on any atom is -0.506 e. The standard InChI is InChI=1S/C8H6ClNO3/c9-7-3-1-2-6(8(7)11)4-5-10(12)13/h1-5,11H/b5-4+. The summed E-state index contributed by atoms with van der Waals surface area (Å²) in [6, 6.07) is 4.63. The Kier molecular flexibility index (Phi) is 2.87. The lowest BCUT2D eigenvalue weighted by Crippen LogP contribution is -1.83. The van der Waals surface area contributed by atoms with E-state index in [1.165, 1.54) is 18.2 Å².